The van der Waals surface area contributed by atoms with Gasteiger partial charge in [-0.3, -0.25) is 9.59 Å². The number of nitrogens with zero attached hydrogens (tertiary/aromatic N) is 1. The Morgan fingerprint density at radius 2 is 1.85 bits per heavy atom. The van der Waals surface area contributed by atoms with E-state index in [1.165, 1.54) is 4.90 Å². The summed E-state index contributed by atoms with van der Waals surface area (Å²) >= 11 is 0. The Morgan fingerprint density at radius 1 is 1.38 bits per heavy atom. The molecule has 1 amide bonds. The molecule has 0 saturated heterocycles. The smallest absolute Gasteiger partial charge is 0.304 e. The van der Waals surface area contributed by atoms with Crippen LogP contribution in [0.3, 0.4) is 0 Å². The summed E-state index contributed by atoms with van der Waals surface area (Å²) in [5.41, 5.74) is -0.809. The lowest BCUT2D eigenvalue weighted by molar-refractivity contribution is -0.148. The maximum Gasteiger partial charge on any atom is 0.304 e. The molecule has 0 saturated carbocycles. The zero-order valence-corrected chi connectivity index (χ0v) is 8.63. The number of aliphatic carboxylic acids is 1. The normalized spacial score (nSPS) is 11.1. The molecule has 0 spiro atoms. The second-order valence-corrected chi connectivity index (χ2v) is 3.77. The quantitative estimate of drug-likeness (QED) is 0.713. The molecular weight excluding hydrogens is 170 g/mol. The van der Waals surface area contributed by atoms with E-state index in [1.54, 1.807) is 20.9 Å². The zero-order chi connectivity index (χ0) is 10.6. The minimum absolute atomic E-state index is 0.127. The predicted molar refractivity (Wildman–Crippen MR) is 49.3 cm³/mol. The van der Waals surface area contributed by atoms with Crippen molar-refractivity contribution in [3.05, 3.63) is 0 Å². The van der Waals surface area contributed by atoms with Crippen molar-refractivity contribution < 1.29 is 14.7 Å². The Bertz CT molecular complexity index is 211. The summed E-state index contributed by atoms with van der Waals surface area (Å²) in [4.78, 5) is 23.6. The minimum Gasteiger partial charge on any atom is -0.481 e. The molecule has 0 aliphatic rings. The summed E-state index contributed by atoms with van der Waals surface area (Å²) in [6.45, 7) is 5.75. The van der Waals surface area contributed by atoms with Crippen molar-refractivity contribution in [1.82, 2.24) is 4.90 Å². The molecule has 0 aromatic rings. The van der Waals surface area contributed by atoms with Crippen molar-refractivity contribution in [1.29, 1.82) is 0 Å². The van der Waals surface area contributed by atoms with Gasteiger partial charge < -0.3 is 10.0 Å². The average Bonchev–Trinajstić information content (AvgIpc) is 1.99. The fraction of sp³-hybridized carbons (Fsp3) is 0.778. The molecule has 0 aromatic heterocycles. The lowest BCUT2D eigenvalue weighted by Crippen LogP contribution is -2.39. The van der Waals surface area contributed by atoms with Crippen molar-refractivity contribution in [3.8, 4) is 0 Å². The first-order valence-corrected chi connectivity index (χ1v) is 4.28. The molecule has 0 heterocycles. The number of carboxylic acids is 1. The van der Waals surface area contributed by atoms with Gasteiger partial charge in [-0.05, 0) is 6.92 Å². The van der Waals surface area contributed by atoms with Gasteiger partial charge in [0, 0.05) is 13.6 Å². The zero-order valence-electron chi connectivity index (χ0n) is 8.63. The molecule has 4 heteroatoms. The highest BCUT2D eigenvalue weighted by Crippen LogP contribution is 2.22. The summed E-state index contributed by atoms with van der Waals surface area (Å²) in [6.07, 6.45) is -0.129. The molecule has 0 unspecified atom stereocenters. The van der Waals surface area contributed by atoms with E-state index in [2.05, 4.69) is 0 Å². The molecule has 13 heavy (non-hydrogen) atoms. The molecule has 0 aliphatic carbocycles. The molecule has 0 aromatic carbocycles. The summed E-state index contributed by atoms with van der Waals surface area (Å²) in [7, 11) is 1.67. The third-order valence-corrected chi connectivity index (χ3v) is 1.99. The number of amides is 1. The van der Waals surface area contributed by atoms with Gasteiger partial charge in [0.25, 0.3) is 0 Å². The molecule has 0 rings (SSSR count). The van der Waals surface area contributed by atoms with Gasteiger partial charge in [0.1, 0.15) is 0 Å². The highest BCUT2D eigenvalue weighted by molar-refractivity contribution is 5.86. The number of carbonyl (C=O) groups excluding carboxylic acids is 1. The first-order valence-electron chi connectivity index (χ1n) is 4.28. The predicted octanol–water partition coefficient (Wildman–Crippen LogP) is 0.966. The molecule has 0 bridgehead atoms. The third-order valence-electron chi connectivity index (χ3n) is 1.99. The molecule has 1 N–H and O–H groups in total. The van der Waals surface area contributed by atoms with E-state index in [9.17, 15) is 9.59 Å². The van der Waals surface area contributed by atoms with Gasteiger partial charge in [-0.15, -0.1) is 0 Å². The van der Waals surface area contributed by atoms with Crippen molar-refractivity contribution in [2.24, 2.45) is 5.41 Å². The van der Waals surface area contributed by atoms with Crippen molar-refractivity contribution in [2.75, 3.05) is 13.6 Å². The fourth-order valence-electron chi connectivity index (χ4n) is 1.11. The number of hydrogen-bond acceptors (Lipinski definition) is 2. The molecular formula is C9H17NO3. The van der Waals surface area contributed by atoms with E-state index in [-0.39, 0.29) is 12.3 Å². The van der Waals surface area contributed by atoms with Gasteiger partial charge in [-0.2, -0.15) is 0 Å². The van der Waals surface area contributed by atoms with Crippen LogP contribution in [0.2, 0.25) is 0 Å². The molecule has 4 nitrogen and oxygen atoms in total. The second kappa shape index (κ2) is 4.25. The monoisotopic (exact) mass is 187 g/mol. The van der Waals surface area contributed by atoms with Crippen LogP contribution in [0.25, 0.3) is 0 Å². The van der Waals surface area contributed by atoms with Gasteiger partial charge in [-0.1, -0.05) is 13.8 Å². The van der Waals surface area contributed by atoms with Crippen LogP contribution in [0.1, 0.15) is 27.2 Å². The Morgan fingerprint density at radius 3 is 2.15 bits per heavy atom. The van der Waals surface area contributed by atoms with E-state index in [1.807, 2.05) is 6.92 Å². The van der Waals surface area contributed by atoms with Gasteiger partial charge in [-0.25, -0.2) is 0 Å². The number of carbonyl (C=O) groups is 2. The van der Waals surface area contributed by atoms with E-state index < -0.39 is 11.4 Å². The van der Waals surface area contributed by atoms with Gasteiger partial charge in [0.05, 0.1) is 11.8 Å². The van der Waals surface area contributed by atoms with Gasteiger partial charge in [0.15, 0.2) is 0 Å². The fourth-order valence-corrected chi connectivity index (χ4v) is 1.11. The Balaban J connectivity index is 4.44. The van der Waals surface area contributed by atoms with Crippen LogP contribution < -0.4 is 0 Å². The van der Waals surface area contributed by atoms with Crippen molar-refractivity contribution in [3.63, 3.8) is 0 Å². The van der Waals surface area contributed by atoms with E-state index in [0.29, 0.717) is 6.54 Å². The van der Waals surface area contributed by atoms with Crippen molar-refractivity contribution >= 4 is 11.9 Å². The van der Waals surface area contributed by atoms with E-state index in [0.717, 1.165) is 0 Å². The van der Waals surface area contributed by atoms with Crippen LogP contribution in [-0.4, -0.2) is 35.5 Å². The van der Waals surface area contributed by atoms with Crippen LogP contribution in [0.15, 0.2) is 0 Å². The standard InChI is InChI=1S/C9H17NO3/c1-5-10(4)8(13)9(2,3)6-7(11)12/h5-6H2,1-4H3,(H,11,12). The summed E-state index contributed by atoms with van der Waals surface area (Å²) in [5.74, 6) is -1.07. The molecule has 0 atom stereocenters. The topological polar surface area (TPSA) is 57.6 Å². The Hall–Kier alpha value is -1.06. The maximum absolute atomic E-state index is 11.6. The lowest BCUT2D eigenvalue weighted by atomic mass is 9.88. The largest absolute Gasteiger partial charge is 0.481 e. The first-order chi connectivity index (χ1) is 5.81. The minimum atomic E-state index is -0.942. The summed E-state index contributed by atoms with van der Waals surface area (Å²) in [5, 5.41) is 8.58. The summed E-state index contributed by atoms with van der Waals surface area (Å²) < 4.78 is 0. The number of rotatable bonds is 4. The first kappa shape index (κ1) is 11.9. The number of carboxylic acid groups (broad SMARTS) is 1. The average molecular weight is 187 g/mol. The van der Waals surface area contributed by atoms with Gasteiger partial charge >= 0.3 is 5.97 Å². The maximum atomic E-state index is 11.6. The molecule has 76 valence electrons. The Kier molecular flexibility index (Phi) is 3.91. The van der Waals surface area contributed by atoms with Crippen LogP contribution in [-0.2, 0) is 9.59 Å². The molecule has 0 fully saturated rings. The van der Waals surface area contributed by atoms with Crippen LogP contribution in [0.5, 0.6) is 0 Å². The molecule has 0 radical (unpaired) electrons. The SMILES string of the molecule is CCN(C)C(=O)C(C)(C)CC(=O)O. The lowest BCUT2D eigenvalue weighted by Gasteiger charge is -2.27. The van der Waals surface area contributed by atoms with Gasteiger partial charge in [0.2, 0.25) is 5.91 Å². The molecule has 0 aliphatic heterocycles. The van der Waals surface area contributed by atoms with Crippen LogP contribution in [0, 0.1) is 5.41 Å². The second-order valence-electron chi connectivity index (χ2n) is 3.77. The van der Waals surface area contributed by atoms with Crippen molar-refractivity contribution in [2.45, 2.75) is 27.2 Å². The van der Waals surface area contributed by atoms with Crippen LogP contribution in [0.4, 0.5) is 0 Å². The summed E-state index contributed by atoms with van der Waals surface area (Å²) in [6, 6.07) is 0. The highest BCUT2D eigenvalue weighted by Gasteiger charge is 2.32. The van der Waals surface area contributed by atoms with Crippen LogP contribution >= 0.6 is 0 Å². The van der Waals surface area contributed by atoms with E-state index >= 15 is 0 Å². The Labute approximate surface area is 78.5 Å². The highest BCUT2D eigenvalue weighted by atomic mass is 16.4. The number of hydrogen-bond donors (Lipinski definition) is 1. The third kappa shape index (κ3) is 3.44. The van der Waals surface area contributed by atoms with E-state index in [4.69, 9.17) is 5.11 Å².